The monoisotopic (exact) mass is 468 g/mol. The molecule has 1 aliphatic rings. The Morgan fingerprint density at radius 3 is 2.42 bits per heavy atom. The van der Waals surface area contributed by atoms with Crippen LogP contribution >= 0.6 is 13.5 Å². The van der Waals surface area contributed by atoms with Gasteiger partial charge in [-0.3, -0.25) is 4.79 Å². The molecule has 2 aromatic carbocycles. The molecule has 0 spiro atoms. The van der Waals surface area contributed by atoms with E-state index in [0.717, 1.165) is 47.8 Å². The van der Waals surface area contributed by atoms with Crippen molar-refractivity contribution in [1.82, 2.24) is 14.5 Å². The van der Waals surface area contributed by atoms with E-state index < -0.39 is 0 Å². The predicted molar refractivity (Wildman–Crippen MR) is 137 cm³/mol. The van der Waals surface area contributed by atoms with Crippen LogP contribution in [0.25, 0.3) is 11.3 Å². The Bertz CT molecular complexity index is 1080. The van der Waals surface area contributed by atoms with Crippen molar-refractivity contribution in [2.45, 2.75) is 53.1 Å². The summed E-state index contributed by atoms with van der Waals surface area (Å²) in [4.78, 5) is 19.9. The summed E-state index contributed by atoms with van der Waals surface area (Å²) in [5, 5.41) is 3.52. The molecule has 0 saturated heterocycles. The highest BCUT2D eigenvalue weighted by molar-refractivity contribution is 7.59. The predicted octanol–water partition coefficient (Wildman–Crippen LogP) is 6.02. The third-order valence-corrected chi connectivity index (χ3v) is 6.20. The molecule has 1 atom stereocenters. The molecule has 1 amide bonds. The first-order valence-corrected chi connectivity index (χ1v) is 11.5. The second kappa shape index (κ2) is 10.9. The van der Waals surface area contributed by atoms with Gasteiger partial charge in [-0.05, 0) is 56.2 Å². The fraction of sp³-hybridized carbons (Fsp3) is 0.385. The summed E-state index contributed by atoms with van der Waals surface area (Å²) in [6.45, 7) is 8.08. The maximum atomic E-state index is 13.5. The molecule has 0 radical (unpaired) electrons. The molecule has 176 valence electrons. The first kappa shape index (κ1) is 24.8. The van der Waals surface area contributed by atoms with Crippen molar-refractivity contribution >= 4 is 30.9 Å². The van der Waals surface area contributed by atoms with E-state index in [-0.39, 0.29) is 31.1 Å². The lowest BCUT2D eigenvalue weighted by Gasteiger charge is -2.31. The van der Waals surface area contributed by atoms with Crippen molar-refractivity contribution < 1.29 is 9.18 Å². The van der Waals surface area contributed by atoms with E-state index in [1.807, 2.05) is 17.0 Å². The van der Waals surface area contributed by atoms with E-state index in [1.54, 1.807) is 12.1 Å². The van der Waals surface area contributed by atoms with Gasteiger partial charge in [0.05, 0.1) is 6.54 Å². The average molecular weight is 469 g/mol. The first-order chi connectivity index (χ1) is 15.5. The van der Waals surface area contributed by atoms with Gasteiger partial charge in [-0.2, -0.15) is 13.5 Å². The zero-order valence-electron chi connectivity index (χ0n) is 19.6. The highest BCUT2D eigenvalue weighted by atomic mass is 32.1. The van der Waals surface area contributed by atoms with Crippen molar-refractivity contribution in [2.24, 2.45) is 5.92 Å². The highest BCUT2D eigenvalue weighted by Gasteiger charge is 2.29. The summed E-state index contributed by atoms with van der Waals surface area (Å²) >= 11 is 0. The second-order valence-corrected chi connectivity index (χ2v) is 8.53. The van der Waals surface area contributed by atoms with Gasteiger partial charge in [-0.15, -0.1) is 0 Å². The number of nitrogens with one attached hydrogen (secondary N) is 1. The van der Waals surface area contributed by atoms with Gasteiger partial charge < -0.3 is 14.8 Å². The maximum Gasteiger partial charge on any atom is 0.226 e. The number of carbonyl (C=O) groups excluding carboxylic acids is 1. The van der Waals surface area contributed by atoms with Crippen LogP contribution in [0, 0.1) is 18.7 Å². The lowest BCUT2D eigenvalue weighted by molar-refractivity contribution is -0.137. The van der Waals surface area contributed by atoms with Gasteiger partial charge in [0.15, 0.2) is 0 Å². The SMILES string of the molecule is CCC[C@H](CC)C(=O)N1CCn2c(nc(-c3ccc(F)cc3)c2Nc2ccc(C)cc2)C1.S. The fourth-order valence-electron chi connectivity index (χ4n) is 4.34. The number of aromatic nitrogens is 2. The molecule has 0 fully saturated rings. The molecule has 0 unspecified atom stereocenters. The van der Waals surface area contributed by atoms with E-state index in [9.17, 15) is 9.18 Å². The minimum atomic E-state index is -0.274. The molecule has 0 aliphatic carbocycles. The number of rotatable bonds is 7. The number of hydrogen-bond acceptors (Lipinski definition) is 3. The van der Waals surface area contributed by atoms with Crippen LogP contribution in [-0.4, -0.2) is 26.9 Å². The van der Waals surface area contributed by atoms with Crippen LogP contribution in [0.4, 0.5) is 15.9 Å². The van der Waals surface area contributed by atoms with Gasteiger partial charge in [0, 0.05) is 30.3 Å². The molecule has 33 heavy (non-hydrogen) atoms. The second-order valence-electron chi connectivity index (χ2n) is 8.53. The lowest BCUT2D eigenvalue weighted by Crippen LogP contribution is -2.41. The summed E-state index contributed by atoms with van der Waals surface area (Å²) in [6.07, 6.45) is 2.78. The van der Waals surface area contributed by atoms with Crippen molar-refractivity contribution in [3.8, 4) is 11.3 Å². The van der Waals surface area contributed by atoms with Crippen LogP contribution in [0.15, 0.2) is 48.5 Å². The molecule has 4 rings (SSSR count). The summed E-state index contributed by atoms with van der Waals surface area (Å²) < 4.78 is 15.7. The number of anilines is 2. The maximum absolute atomic E-state index is 13.5. The summed E-state index contributed by atoms with van der Waals surface area (Å²) in [5.41, 5.74) is 3.78. The number of carbonyl (C=O) groups is 1. The van der Waals surface area contributed by atoms with E-state index in [2.05, 4.69) is 42.8 Å². The quantitative estimate of drug-likeness (QED) is 0.461. The number of fused-ring (bicyclic) bond motifs is 1. The molecule has 7 heteroatoms. The molecule has 1 aromatic heterocycles. The molecular weight excluding hydrogens is 435 g/mol. The summed E-state index contributed by atoms with van der Waals surface area (Å²) in [6, 6.07) is 14.6. The number of imidazole rings is 1. The molecule has 0 bridgehead atoms. The third kappa shape index (κ3) is 5.41. The standard InChI is InChI=1S/C26H31FN4O.H2S/c1-4-6-19(5-2)26(32)30-15-16-31-23(17-30)29-24(20-9-11-21(27)12-10-20)25(31)28-22-13-7-18(3)8-14-22;/h7-14,19,28H,4-6,15-17H2,1-3H3;1H2/t19-;/m0./s1. The highest BCUT2D eigenvalue weighted by Crippen LogP contribution is 2.34. The van der Waals surface area contributed by atoms with Gasteiger partial charge in [0.2, 0.25) is 5.91 Å². The van der Waals surface area contributed by atoms with E-state index in [1.165, 1.54) is 17.7 Å². The van der Waals surface area contributed by atoms with Crippen molar-refractivity contribution in [3.05, 3.63) is 65.7 Å². The fourth-order valence-corrected chi connectivity index (χ4v) is 4.34. The summed E-state index contributed by atoms with van der Waals surface area (Å²) in [7, 11) is 0. The number of nitrogens with zero attached hydrogens (tertiary/aromatic N) is 3. The average Bonchev–Trinajstić information content (AvgIpc) is 3.16. The molecule has 5 nitrogen and oxygen atoms in total. The van der Waals surface area contributed by atoms with Gasteiger partial charge in [-0.25, -0.2) is 9.37 Å². The van der Waals surface area contributed by atoms with E-state index in [0.29, 0.717) is 19.6 Å². The number of amides is 1. The molecule has 1 N–H and O–H groups in total. The summed E-state index contributed by atoms with van der Waals surface area (Å²) in [5.74, 6) is 1.75. The van der Waals surface area contributed by atoms with Gasteiger partial charge in [0.25, 0.3) is 0 Å². The van der Waals surface area contributed by atoms with Crippen LogP contribution in [0.5, 0.6) is 0 Å². The Hall–Kier alpha value is -2.80. The zero-order chi connectivity index (χ0) is 22.7. The van der Waals surface area contributed by atoms with Crippen LogP contribution < -0.4 is 5.32 Å². The minimum absolute atomic E-state index is 0. The first-order valence-electron chi connectivity index (χ1n) is 11.5. The largest absolute Gasteiger partial charge is 0.340 e. The lowest BCUT2D eigenvalue weighted by atomic mass is 9.99. The van der Waals surface area contributed by atoms with Crippen molar-refractivity contribution in [3.63, 3.8) is 0 Å². The van der Waals surface area contributed by atoms with E-state index >= 15 is 0 Å². The Kier molecular flexibility index (Phi) is 8.19. The Morgan fingerprint density at radius 2 is 1.79 bits per heavy atom. The van der Waals surface area contributed by atoms with Gasteiger partial charge >= 0.3 is 0 Å². The molecule has 1 aliphatic heterocycles. The number of halogens is 1. The van der Waals surface area contributed by atoms with Crippen LogP contribution in [0.1, 0.15) is 44.5 Å². The van der Waals surface area contributed by atoms with Crippen LogP contribution in [-0.2, 0) is 17.9 Å². The van der Waals surface area contributed by atoms with Gasteiger partial charge in [0.1, 0.15) is 23.2 Å². The Balaban J connectivity index is 0.00000306. The topological polar surface area (TPSA) is 50.2 Å². The molecule has 2 heterocycles. The minimum Gasteiger partial charge on any atom is -0.340 e. The number of hydrogen-bond donors (Lipinski definition) is 1. The normalized spacial score (nSPS) is 13.8. The molecule has 3 aromatic rings. The van der Waals surface area contributed by atoms with Crippen molar-refractivity contribution in [2.75, 3.05) is 11.9 Å². The van der Waals surface area contributed by atoms with Gasteiger partial charge in [-0.1, -0.05) is 38.0 Å². The third-order valence-electron chi connectivity index (χ3n) is 6.20. The zero-order valence-corrected chi connectivity index (χ0v) is 20.6. The molecule has 0 saturated carbocycles. The Labute approximate surface area is 202 Å². The van der Waals surface area contributed by atoms with Crippen LogP contribution in [0.3, 0.4) is 0 Å². The van der Waals surface area contributed by atoms with Crippen molar-refractivity contribution in [1.29, 1.82) is 0 Å². The number of aryl methyl sites for hydroxylation is 1. The number of benzene rings is 2. The molecular formula is C26H33FN4OS. The van der Waals surface area contributed by atoms with E-state index in [4.69, 9.17) is 4.98 Å². The van der Waals surface area contributed by atoms with Crippen LogP contribution in [0.2, 0.25) is 0 Å². The Morgan fingerprint density at radius 1 is 1.09 bits per heavy atom. The smallest absolute Gasteiger partial charge is 0.226 e.